The molecule has 6 nitrogen and oxygen atoms in total. The van der Waals surface area contributed by atoms with Crippen molar-refractivity contribution in [1.82, 2.24) is 4.90 Å². The van der Waals surface area contributed by atoms with Crippen molar-refractivity contribution >= 4 is 41.2 Å². The lowest BCUT2D eigenvalue weighted by Gasteiger charge is -2.54. The van der Waals surface area contributed by atoms with E-state index in [1.807, 2.05) is 12.5 Å². The van der Waals surface area contributed by atoms with E-state index in [0.29, 0.717) is 6.54 Å². The second-order valence-corrected chi connectivity index (χ2v) is 7.08. The van der Waals surface area contributed by atoms with E-state index in [-0.39, 0.29) is 5.91 Å². The minimum atomic E-state index is -0.719. The van der Waals surface area contributed by atoms with Gasteiger partial charge in [0.25, 0.3) is 0 Å². The van der Waals surface area contributed by atoms with Gasteiger partial charge in [0.1, 0.15) is 0 Å². The first-order valence-electron chi connectivity index (χ1n) is 5.53. The van der Waals surface area contributed by atoms with Crippen LogP contribution in [0.15, 0.2) is 15.1 Å². The molecular weight excluding hydrogens is 304 g/mol. The molecule has 0 aromatic heterocycles. The predicted molar refractivity (Wildman–Crippen MR) is 80.9 cm³/mol. The molecule has 2 aliphatic rings. The lowest BCUT2D eigenvalue weighted by molar-refractivity contribution is -0.151. The molecular formula is C10H14N4O2S3. The van der Waals surface area contributed by atoms with Crippen LogP contribution < -0.4 is 0 Å². The monoisotopic (exact) mass is 318 g/mol. The third kappa shape index (κ3) is 1.99. The standard InChI is InChI=1S/C10H14N4O2S3/c1-16-7-9(17-2)19-5-4-14-8(15)6(12-13-11)10(7,14)18-3/h6H,4-5H2,1-3H3/t6-,10-/m1/s1. The Kier molecular flexibility index (Phi) is 4.50. The maximum atomic E-state index is 12.1. The van der Waals surface area contributed by atoms with E-state index >= 15 is 0 Å². The predicted octanol–water partition coefficient (Wildman–Crippen LogP) is 2.49. The van der Waals surface area contributed by atoms with Gasteiger partial charge in [-0.1, -0.05) is 5.11 Å². The van der Waals surface area contributed by atoms with Gasteiger partial charge in [-0.15, -0.1) is 35.3 Å². The highest BCUT2D eigenvalue weighted by molar-refractivity contribution is 8.22. The number of ether oxygens (including phenoxy) is 1. The van der Waals surface area contributed by atoms with E-state index in [9.17, 15) is 4.79 Å². The number of hydrogen-bond donors (Lipinski definition) is 0. The number of hydrogen-bond acceptors (Lipinski definition) is 6. The molecule has 0 aliphatic carbocycles. The number of methoxy groups -OCH3 is 1. The van der Waals surface area contributed by atoms with Gasteiger partial charge >= 0.3 is 0 Å². The summed E-state index contributed by atoms with van der Waals surface area (Å²) in [6, 6.07) is -0.719. The quantitative estimate of drug-likeness (QED) is 0.344. The topological polar surface area (TPSA) is 78.3 Å². The summed E-state index contributed by atoms with van der Waals surface area (Å²) in [6.45, 7) is 0.638. The molecule has 0 aromatic carbocycles. The van der Waals surface area contributed by atoms with E-state index in [2.05, 4.69) is 10.0 Å². The van der Waals surface area contributed by atoms with Crippen LogP contribution in [0.4, 0.5) is 0 Å². The van der Waals surface area contributed by atoms with Crippen LogP contribution in [0.2, 0.25) is 0 Å². The highest BCUT2D eigenvalue weighted by Gasteiger charge is 2.64. The third-order valence-corrected chi connectivity index (χ3v) is 6.69. The fourth-order valence-corrected chi connectivity index (χ4v) is 5.65. The lowest BCUT2D eigenvalue weighted by Crippen LogP contribution is -2.72. The fourth-order valence-electron chi connectivity index (χ4n) is 2.40. The summed E-state index contributed by atoms with van der Waals surface area (Å²) in [4.78, 5) is 16.0. The molecule has 1 saturated heterocycles. The van der Waals surface area contributed by atoms with Crippen molar-refractivity contribution in [1.29, 1.82) is 0 Å². The zero-order valence-electron chi connectivity index (χ0n) is 10.8. The number of azide groups is 1. The zero-order chi connectivity index (χ0) is 14.0. The number of fused-ring (bicyclic) bond motifs is 1. The Balaban J connectivity index is 2.57. The van der Waals surface area contributed by atoms with E-state index in [4.69, 9.17) is 10.3 Å². The molecule has 0 N–H and O–H groups in total. The van der Waals surface area contributed by atoms with Crippen molar-refractivity contribution in [2.45, 2.75) is 10.9 Å². The van der Waals surface area contributed by atoms with Crippen LogP contribution in [-0.2, 0) is 9.53 Å². The Morgan fingerprint density at radius 3 is 2.89 bits per heavy atom. The average Bonchev–Trinajstić information content (AvgIpc) is 2.58. The minimum absolute atomic E-state index is 0.121. The molecule has 1 amide bonds. The molecule has 2 atom stereocenters. The number of rotatable bonds is 4. The summed E-state index contributed by atoms with van der Waals surface area (Å²) in [5, 5.41) is 3.68. The summed E-state index contributed by atoms with van der Waals surface area (Å²) in [5.74, 6) is 1.43. The molecule has 19 heavy (non-hydrogen) atoms. The molecule has 0 aromatic rings. The highest BCUT2D eigenvalue weighted by atomic mass is 32.2. The molecule has 0 unspecified atom stereocenters. The van der Waals surface area contributed by atoms with Crippen molar-refractivity contribution in [3.63, 3.8) is 0 Å². The van der Waals surface area contributed by atoms with Gasteiger partial charge in [-0.3, -0.25) is 4.79 Å². The van der Waals surface area contributed by atoms with Gasteiger partial charge in [0, 0.05) is 17.2 Å². The zero-order valence-corrected chi connectivity index (χ0v) is 13.3. The van der Waals surface area contributed by atoms with Crippen LogP contribution in [-0.4, -0.2) is 53.6 Å². The fraction of sp³-hybridized carbons (Fsp3) is 0.700. The molecule has 2 heterocycles. The molecule has 0 bridgehead atoms. The lowest BCUT2D eigenvalue weighted by atomic mass is 9.93. The van der Waals surface area contributed by atoms with Crippen molar-refractivity contribution < 1.29 is 9.53 Å². The summed E-state index contributed by atoms with van der Waals surface area (Å²) in [5.41, 5.74) is 8.68. The van der Waals surface area contributed by atoms with Crippen LogP contribution in [0, 0.1) is 0 Å². The summed E-state index contributed by atoms with van der Waals surface area (Å²) >= 11 is 4.76. The van der Waals surface area contributed by atoms with E-state index in [1.165, 1.54) is 11.8 Å². The van der Waals surface area contributed by atoms with Gasteiger partial charge in [0.2, 0.25) is 5.91 Å². The van der Waals surface area contributed by atoms with E-state index < -0.39 is 10.9 Å². The summed E-state index contributed by atoms with van der Waals surface area (Å²) < 4.78 is 6.61. The highest BCUT2D eigenvalue weighted by Crippen LogP contribution is 2.53. The number of nitrogens with zero attached hydrogens (tertiary/aromatic N) is 4. The normalized spacial score (nSPS) is 30.2. The Bertz CT molecular complexity index is 477. The Hall–Kier alpha value is -0.630. The van der Waals surface area contributed by atoms with Gasteiger partial charge in [-0.05, 0) is 18.0 Å². The number of β-lactam (4-membered cyclic amide) rings is 1. The first-order valence-corrected chi connectivity index (χ1v) is 8.97. The molecule has 0 spiro atoms. The van der Waals surface area contributed by atoms with Gasteiger partial charge in [0.15, 0.2) is 16.7 Å². The minimum Gasteiger partial charge on any atom is -0.496 e. The first-order chi connectivity index (χ1) is 9.17. The Morgan fingerprint density at radius 1 is 1.63 bits per heavy atom. The molecule has 0 saturated carbocycles. The van der Waals surface area contributed by atoms with Gasteiger partial charge in [-0.25, -0.2) is 0 Å². The molecule has 9 heteroatoms. The van der Waals surface area contributed by atoms with Crippen molar-refractivity contribution in [2.75, 3.05) is 31.9 Å². The van der Waals surface area contributed by atoms with Crippen LogP contribution >= 0.6 is 35.3 Å². The number of thioether (sulfide) groups is 3. The van der Waals surface area contributed by atoms with Gasteiger partial charge in [0.05, 0.1) is 11.3 Å². The largest absolute Gasteiger partial charge is 0.496 e. The van der Waals surface area contributed by atoms with Crippen LogP contribution in [0.3, 0.4) is 0 Å². The molecule has 0 radical (unpaired) electrons. The third-order valence-electron chi connectivity index (χ3n) is 3.20. The molecule has 1 fully saturated rings. The average molecular weight is 318 g/mol. The second kappa shape index (κ2) is 5.78. The summed E-state index contributed by atoms with van der Waals surface area (Å²) in [6.07, 6.45) is 3.89. The maximum absolute atomic E-state index is 12.1. The Labute approximate surface area is 124 Å². The van der Waals surface area contributed by atoms with Gasteiger partial charge < -0.3 is 9.64 Å². The first kappa shape index (κ1) is 14.8. The van der Waals surface area contributed by atoms with Gasteiger partial charge in [-0.2, -0.15) is 0 Å². The molecule has 2 rings (SSSR count). The van der Waals surface area contributed by atoms with Crippen molar-refractivity contribution in [3.8, 4) is 0 Å². The molecule has 104 valence electrons. The van der Waals surface area contributed by atoms with Crippen molar-refractivity contribution in [2.24, 2.45) is 5.11 Å². The number of amides is 1. The number of carbonyl (C=O) groups is 1. The number of carbonyl (C=O) groups excluding carboxylic acids is 1. The molecule has 2 aliphatic heterocycles. The second-order valence-electron chi connectivity index (χ2n) is 3.87. The smallest absolute Gasteiger partial charge is 0.236 e. The SMILES string of the molecule is COC1=C(SC)SCCN2C(=O)[C@@H](N=[N+]=[N-])[C@@]12SC. The summed E-state index contributed by atoms with van der Waals surface area (Å²) in [7, 11) is 1.60. The van der Waals surface area contributed by atoms with Crippen LogP contribution in [0.5, 0.6) is 0 Å². The van der Waals surface area contributed by atoms with E-state index in [0.717, 1.165) is 15.7 Å². The van der Waals surface area contributed by atoms with Crippen molar-refractivity contribution in [3.05, 3.63) is 20.4 Å². The van der Waals surface area contributed by atoms with Crippen LogP contribution in [0.25, 0.3) is 10.4 Å². The maximum Gasteiger partial charge on any atom is 0.236 e. The Morgan fingerprint density at radius 2 is 2.37 bits per heavy atom. The van der Waals surface area contributed by atoms with E-state index in [1.54, 1.807) is 35.5 Å². The van der Waals surface area contributed by atoms with Crippen LogP contribution in [0.1, 0.15) is 0 Å².